The summed E-state index contributed by atoms with van der Waals surface area (Å²) in [7, 11) is 0. The smallest absolute Gasteiger partial charge is 0.177 e. The first kappa shape index (κ1) is 21.6. The highest BCUT2D eigenvalue weighted by Gasteiger charge is 2.24. The minimum absolute atomic E-state index is 0.0105. The number of benzene rings is 2. The van der Waals surface area contributed by atoms with E-state index in [1.54, 1.807) is 10.8 Å². The van der Waals surface area contributed by atoms with Crippen LogP contribution in [0, 0.1) is 0 Å². The van der Waals surface area contributed by atoms with Crippen LogP contribution in [0.4, 0.5) is 5.82 Å². The summed E-state index contributed by atoms with van der Waals surface area (Å²) >= 11 is 0. The van der Waals surface area contributed by atoms with Crippen molar-refractivity contribution >= 4 is 11.5 Å². The minimum atomic E-state index is -0.0105. The summed E-state index contributed by atoms with van der Waals surface area (Å²) < 4.78 is 8.35. The molecule has 1 saturated heterocycles. The Morgan fingerprint density at radius 3 is 2.30 bits per heavy atom. The Kier molecular flexibility index (Phi) is 6.89. The highest BCUT2D eigenvalue weighted by molar-refractivity contribution is 5.42. The maximum atomic E-state index is 6.66. The van der Waals surface area contributed by atoms with Gasteiger partial charge in [-0.2, -0.15) is 4.52 Å². The number of aromatic nitrogens is 4. The fraction of sp³-hybridized carbons (Fsp3) is 0.346. The van der Waals surface area contributed by atoms with Crippen LogP contribution in [0.2, 0.25) is 0 Å². The standard InChI is InChI=1S/C26H30N6O/c1-3-8-21(9-4-1)26(22-10-5-2-6-11-22)33-23-14-18-31(19-15-23)17-7-16-27-24-12-13-25-29-28-20-32(25)30-24/h1-6,8-13,20,23,26H,7,14-19H2,(H,27,30). The van der Waals surface area contributed by atoms with E-state index in [2.05, 4.69) is 86.2 Å². The average Bonchev–Trinajstić information content (AvgIpc) is 3.35. The summed E-state index contributed by atoms with van der Waals surface area (Å²) in [5, 5.41) is 15.7. The molecule has 0 aliphatic carbocycles. The van der Waals surface area contributed by atoms with Gasteiger partial charge in [-0.1, -0.05) is 60.7 Å². The predicted molar refractivity (Wildman–Crippen MR) is 129 cm³/mol. The fourth-order valence-electron chi connectivity index (χ4n) is 4.41. The zero-order valence-electron chi connectivity index (χ0n) is 18.8. The number of nitrogens with zero attached hydrogens (tertiary/aromatic N) is 5. The first-order valence-electron chi connectivity index (χ1n) is 11.7. The lowest BCUT2D eigenvalue weighted by Crippen LogP contribution is -2.38. The molecule has 4 aromatic rings. The lowest BCUT2D eigenvalue weighted by molar-refractivity contribution is -0.0269. The molecule has 1 aliphatic rings. The molecule has 5 rings (SSSR count). The molecule has 2 aromatic heterocycles. The van der Waals surface area contributed by atoms with Gasteiger partial charge in [-0.15, -0.1) is 15.3 Å². The molecule has 0 bridgehead atoms. The third-order valence-electron chi connectivity index (χ3n) is 6.19. The van der Waals surface area contributed by atoms with E-state index >= 15 is 0 Å². The highest BCUT2D eigenvalue weighted by atomic mass is 16.5. The van der Waals surface area contributed by atoms with Crippen LogP contribution in [-0.2, 0) is 4.74 Å². The Morgan fingerprint density at radius 2 is 1.61 bits per heavy atom. The van der Waals surface area contributed by atoms with Gasteiger partial charge in [0.05, 0.1) is 6.10 Å². The van der Waals surface area contributed by atoms with Crippen molar-refractivity contribution in [1.29, 1.82) is 0 Å². The Balaban J connectivity index is 1.08. The van der Waals surface area contributed by atoms with E-state index in [-0.39, 0.29) is 12.2 Å². The molecule has 1 N–H and O–H groups in total. The molecule has 0 radical (unpaired) electrons. The largest absolute Gasteiger partial charge is 0.369 e. The van der Waals surface area contributed by atoms with Crippen molar-refractivity contribution in [2.45, 2.75) is 31.5 Å². The van der Waals surface area contributed by atoms with Gasteiger partial charge < -0.3 is 15.0 Å². The van der Waals surface area contributed by atoms with Crippen LogP contribution in [-0.4, -0.2) is 57.0 Å². The van der Waals surface area contributed by atoms with Gasteiger partial charge in [-0.25, -0.2) is 0 Å². The molecule has 0 unspecified atom stereocenters. The van der Waals surface area contributed by atoms with Gasteiger partial charge in [0.2, 0.25) is 0 Å². The first-order chi connectivity index (χ1) is 16.3. The van der Waals surface area contributed by atoms with Gasteiger partial charge in [0.15, 0.2) is 5.65 Å². The van der Waals surface area contributed by atoms with Crippen LogP contribution < -0.4 is 5.32 Å². The summed E-state index contributed by atoms with van der Waals surface area (Å²) in [5.74, 6) is 0.849. The highest BCUT2D eigenvalue weighted by Crippen LogP contribution is 2.30. The number of piperidine rings is 1. The molecule has 7 nitrogen and oxygen atoms in total. The van der Waals surface area contributed by atoms with Gasteiger partial charge in [-0.3, -0.25) is 0 Å². The Hall–Kier alpha value is -3.29. The van der Waals surface area contributed by atoms with Crippen molar-refractivity contribution in [2.24, 2.45) is 0 Å². The van der Waals surface area contributed by atoms with E-state index in [0.717, 1.165) is 56.9 Å². The number of nitrogens with one attached hydrogen (secondary N) is 1. The van der Waals surface area contributed by atoms with Crippen LogP contribution in [0.1, 0.15) is 36.5 Å². The maximum Gasteiger partial charge on any atom is 0.177 e. The van der Waals surface area contributed by atoms with Crippen LogP contribution >= 0.6 is 0 Å². The molecular formula is C26H30N6O. The third-order valence-corrected chi connectivity index (χ3v) is 6.19. The SMILES string of the molecule is c1ccc(C(OC2CCN(CCCNc3ccc4nncn4n3)CC2)c2ccccc2)cc1. The van der Waals surface area contributed by atoms with E-state index in [4.69, 9.17) is 4.74 Å². The lowest BCUT2D eigenvalue weighted by Gasteiger charge is -2.34. The summed E-state index contributed by atoms with van der Waals surface area (Å²) in [6, 6.07) is 25.0. The third kappa shape index (κ3) is 5.56. The number of hydrogen-bond donors (Lipinski definition) is 1. The Morgan fingerprint density at radius 1 is 0.909 bits per heavy atom. The van der Waals surface area contributed by atoms with E-state index < -0.39 is 0 Å². The molecule has 0 spiro atoms. The second kappa shape index (κ2) is 10.6. The normalized spacial score (nSPS) is 15.3. The van der Waals surface area contributed by atoms with Crippen LogP contribution in [0.25, 0.3) is 5.65 Å². The molecule has 3 heterocycles. The Bertz CT molecular complexity index is 1090. The molecule has 33 heavy (non-hydrogen) atoms. The van der Waals surface area contributed by atoms with Gasteiger partial charge in [0, 0.05) is 19.6 Å². The second-order valence-corrected chi connectivity index (χ2v) is 8.51. The second-order valence-electron chi connectivity index (χ2n) is 8.51. The lowest BCUT2D eigenvalue weighted by atomic mass is 10.00. The molecule has 7 heteroatoms. The summed E-state index contributed by atoms with van der Waals surface area (Å²) in [4.78, 5) is 2.54. The molecular weight excluding hydrogens is 412 g/mol. The van der Waals surface area contributed by atoms with E-state index in [1.807, 2.05) is 12.1 Å². The average molecular weight is 443 g/mol. The van der Waals surface area contributed by atoms with E-state index in [9.17, 15) is 0 Å². The first-order valence-corrected chi connectivity index (χ1v) is 11.7. The zero-order chi connectivity index (χ0) is 22.3. The number of ether oxygens (including phenoxy) is 1. The van der Waals surface area contributed by atoms with Crippen molar-refractivity contribution in [3.63, 3.8) is 0 Å². The van der Waals surface area contributed by atoms with Gasteiger partial charge in [0.25, 0.3) is 0 Å². The minimum Gasteiger partial charge on any atom is -0.369 e. The molecule has 2 aromatic carbocycles. The molecule has 0 saturated carbocycles. The van der Waals surface area contributed by atoms with Crippen molar-refractivity contribution in [3.8, 4) is 0 Å². The van der Waals surface area contributed by atoms with Gasteiger partial charge in [-0.05, 0) is 49.1 Å². The van der Waals surface area contributed by atoms with Crippen molar-refractivity contribution < 1.29 is 4.74 Å². The van der Waals surface area contributed by atoms with Gasteiger partial charge >= 0.3 is 0 Å². The molecule has 1 fully saturated rings. The quantitative estimate of drug-likeness (QED) is 0.392. The van der Waals surface area contributed by atoms with E-state index in [0.29, 0.717) is 0 Å². The summed E-state index contributed by atoms with van der Waals surface area (Å²) in [6.45, 7) is 4.12. The number of hydrogen-bond acceptors (Lipinski definition) is 6. The Labute approximate surface area is 194 Å². The van der Waals surface area contributed by atoms with Crippen molar-refractivity contribution in [1.82, 2.24) is 24.7 Å². The van der Waals surface area contributed by atoms with Gasteiger partial charge in [0.1, 0.15) is 18.2 Å². The fourth-order valence-corrected chi connectivity index (χ4v) is 4.41. The predicted octanol–water partition coefficient (Wildman–Crippen LogP) is 4.20. The van der Waals surface area contributed by atoms with Crippen LogP contribution in [0.3, 0.4) is 0 Å². The monoisotopic (exact) mass is 442 g/mol. The number of fused-ring (bicyclic) bond motifs is 1. The van der Waals surface area contributed by atoms with E-state index in [1.165, 1.54) is 11.1 Å². The summed E-state index contributed by atoms with van der Waals surface area (Å²) in [5.41, 5.74) is 3.19. The topological polar surface area (TPSA) is 67.6 Å². The zero-order valence-corrected chi connectivity index (χ0v) is 18.8. The molecule has 0 amide bonds. The van der Waals surface area contributed by atoms with Crippen LogP contribution in [0.5, 0.6) is 0 Å². The molecule has 0 atom stereocenters. The van der Waals surface area contributed by atoms with Crippen LogP contribution in [0.15, 0.2) is 79.1 Å². The summed E-state index contributed by atoms with van der Waals surface area (Å²) in [6.07, 6.45) is 5.09. The van der Waals surface area contributed by atoms with Crippen molar-refractivity contribution in [3.05, 3.63) is 90.3 Å². The maximum absolute atomic E-state index is 6.66. The molecule has 1 aliphatic heterocycles. The number of anilines is 1. The molecule has 170 valence electrons. The van der Waals surface area contributed by atoms with Crippen molar-refractivity contribution in [2.75, 3.05) is 31.5 Å². The number of likely N-dealkylation sites (tertiary alicyclic amines) is 1. The number of rotatable bonds is 9.